The highest BCUT2D eigenvalue weighted by Crippen LogP contribution is 2.29. The molecule has 0 atom stereocenters. The van der Waals surface area contributed by atoms with E-state index >= 15 is 0 Å². The van der Waals surface area contributed by atoms with Gasteiger partial charge in [-0.25, -0.2) is 4.98 Å². The van der Waals surface area contributed by atoms with Gasteiger partial charge in [0.1, 0.15) is 11.6 Å². The molecule has 0 bridgehead atoms. The minimum Gasteiger partial charge on any atom is -0.447 e. The molecule has 3 rings (SSSR count). The molecule has 0 radical (unpaired) electrons. The minimum atomic E-state index is -0.280. The molecule has 134 valence electrons. The van der Waals surface area contributed by atoms with E-state index in [4.69, 9.17) is 10.5 Å². The molecule has 0 unspecified atom stereocenters. The zero-order valence-electron chi connectivity index (χ0n) is 15.0. The Morgan fingerprint density at radius 3 is 2.62 bits per heavy atom. The van der Waals surface area contributed by atoms with Crippen molar-refractivity contribution in [2.75, 3.05) is 11.1 Å². The van der Waals surface area contributed by atoms with Crippen molar-refractivity contribution in [3.63, 3.8) is 0 Å². The third kappa shape index (κ3) is 4.03. The van der Waals surface area contributed by atoms with Crippen molar-refractivity contribution >= 4 is 28.7 Å². The smallest absolute Gasteiger partial charge is 0.259 e. The molecule has 2 heterocycles. The quantitative estimate of drug-likeness (QED) is 0.669. The number of amides is 1. The largest absolute Gasteiger partial charge is 0.447 e. The Labute approximate surface area is 156 Å². The number of aryl methyl sites for hydroxylation is 3. The fourth-order valence-corrected chi connectivity index (χ4v) is 3.28. The molecule has 0 saturated carbocycles. The summed E-state index contributed by atoms with van der Waals surface area (Å²) >= 11 is 1.57. The predicted octanol–water partition coefficient (Wildman–Crippen LogP) is 4.95. The van der Waals surface area contributed by atoms with Gasteiger partial charge in [-0.2, -0.15) is 0 Å². The summed E-state index contributed by atoms with van der Waals surface area (Å²) in [4.78, 5) is 16.7. The normalized spacial score (nSPS) is 10.6. The van der Waals surface area contributed by atoms with Crippen molar-refractivity contribution in [3.05, 3.63) is 64.2 Å². The lowest BCUT2D eigenvalue weighted by molar-refractivity contribution is 0.102. The van der Waals surface area contributed by atoms with Gasteiger partial charge < -0.3 is 15.8 Å². The molecule has 0 aliphatic rings. The number of nitrogen functional groups attached to an aromatic ring is 1. The van der Waals surface area contributed by atoms with Gasteiger partial charge >= 0.3 is 0 Å². The standard InChI is InChI=1S/C20H21N3O2S/c1-4-14-10-18(26-11-14)25-16-7-5-15(6-8-16)23-20(24)17-9-12(2)13(3)22-19(17)21/h5-11H,4H2,1-3H3,(H2,21,22)(H,23,24). The molecular formula is C20H21N3O2S. The minimum absolute atomic E-state index is 0.231. The van der Waals surface area contributed by atoms with E-state index in [0.29, 0.717) is 11.3 Å². The Morgan fingerprint density at radius 2 is 1.96 bits per heavy atom. The summed E-state index contributed by atoms with van der Waals surface area (Å²) in [7, 11) is 0. The maximum Gasteiger partial charge on any atom is 0.259 e. The van der Waals surface area contributed by atoms with Crippen molar-refractivity contribution in [3.8, 4) is 10.8 Å². The van der Waals surface area contributed by atoms with E-state index < -0.39 is 0 Å². The lowest BCUT2D eigenvalue weighted by atomic mass is 10.1. The zero-order chi connectivity index (χ0) is 18.7. The maximum absolute atomic E-state index is 12.4. The lowest BCUT2D eigenvalue weighted by Crippen LogP contribution is -2.15. The molecule has 0 fully saturated rings. The zero-order valence-corrected chi connectivity index (χ0v) is 15.8. The second-order valence-corrected chi connectivity index (χ2v) is 6.91. The van der Waals surface area contributed by atoms with Gasteiger partial charge in [-0.3, -0.25) is 4.79 Å². The van der Waals surface area contributed by atoms with Crippen LogP contribution in [-0.2, 0) is 6.42 Å². The summed E-state index contributed by atoms with van der Waals surface area (Å²) in [5.41, 5.74) is 9.92. The number of benzene rings is 1. The Morgan fingerprint density at radius 1 is 1.23 bits per heavy atom. The van der Waals surface area contributed by atoms with E-state index in [1.165, 1.54) is 5.56 Å². The number of anilines is 2. The number of thiophene rings is 1. The van der Waals surface area contributed by atoms with Gasteiger partial charge in [-0.15, -0.1) is 11.3 Å². The highest BCUT2D eigenvalue weighted by molar-refractivity contribution is 7.12. The third-order valence-electron chi connectivity index (χ3n) is 4.11. The molecule has 1 aromatic carbocycles. The molecule has 26 heavy (non-hydrogen) atoms. The van der Waals surface area contributed by atoms with Crippen LogP contribution in [-0.4, -0.2) is 10.9 Å². The average Bonchev–Trinajstić information content (AvgIpc) is 3.07. The van der Waals surface area contributed by atoms with Crippen molar-refractivity contribution in [2.24, 2.45) is 0 Å². The number of pyridine rings is 1. The van der Waals surface area contributed by atoms with Gasteiger partial charge in [-0.1, -0.05) is 6.92 Å². The number of nitrogens with one attached hydrogen (secondary N) is 1. The molecule has 2 aromatic heterocycles. The molecule has 3 N–H and O–H groups in total. The Hall–Kier alpha value is -2.86. The van der Waals surface area contributed by atoms with Gasteiger partial charge in [-0.05, 0) is 73.2 Å². The van der Waals surface area contributed by atoms with Gasteiger partial charge in [0.25, 0.3) is 5.91 Å². The Kier molecular flexibility index (Phi) is 5.23. The van der Waals surface area contributed by atoms with Crippen LogP contribution in [0.2, 0.25) is 0 Å². The van der Waals surface area contributed by atoms with E-state index in [-0.39, 0.29) is 11.7 Å². The number of nitrogens with two attached hydrogens (primary N) is 1. The van der Waals surface area contributed by atoms with Crippen molar-refractivity contribution in [1.82, 2.24) is 4.98 Å². The molecule has 5 nitrogen and oxygen atoms in total. The van der Waals surface area contributed by atoms with Crippen LogP contribution < -0.4 is 15.8 Å². The Bertz CT molecular complexity index is 933. The fraction of sp³-hybridized carbons (Fsp3) is 0.200. The van der Waals surface area contributed by atoms with E-state index in [2.05, 4.69) is 22.6 Å². The van der Waals surface area contributed by atoms with Crippen LogP contribution in [0.4, 0.5) is 11.5 Å². The third-order valence-corrected chi connectivity index (χ3v) is 4.96. The van der Waals surface area contributed by atoms with Crippen molar-refractivity contribution < 1.29 is 9.53 Å². The van der Waals surface area contributed by atoms with Gasteiger partial charge in [0.05, 0.1) is 5.56 Å². The first-order valence-corrected chi connectivity index (χ1v) is 9.24. The van der Waals surface area contributed by atoms with Gasteiger partial charge in [0, 0.05) is 11.4 Å². The molecule has 0 saturated heterocycles. The highest BCUT2D eigenvalue weighted by atomic mass is 32.1. The first kappa shape index (κ1) is 17.9. The van der Waals surface area contributed by atoms with Crippen molar-refractivity contribution in [1.29, 1.82) is 0 Å². The van der Waals surface area contributed by atoms with Crippen LogP contribution in [0, 0.1) is 13.8 Å². The first-order valence-electron chi connectivity index (χ1n) is 8.36. The highest BCUT2D eigenvalue weighted by Gasteiger charge is 2.13. The van der Waals surface area contributed by atoms with E-state index in [1.54, 1.807) is 29.5 Å². The number of carbonyl (C=O) groups is 1. The van der Waals surface area contributed by atoms with Crippen LogP contribution >= 0.6 is 11.3 Å². The van der Waals surface area contributed by atoms with Crippen LogP contribution in [0.3, 0.4) is 0 Å². The van der Waals surface area contributed by atoms with Crippen LogP contribution in [0.25, 0.3) is 0 Å². The van der Waals surface area contributed by atoms with Crippen LogP contribution in [0.5, 0.6) is 10.8 Å². The summed E-state index contributed by atoms with van der Waals surface area (Å²) in [6.45, 7) is 5.88. The SMILES string of the molecule is CCc1csc(Oc2ccc(NC(=O)c3cc(C)c(C)nc3N)cc2)c1. The molecule has 1 amide bonds. The predicted molar refractivity (Wildman–Crippen MR) is 106 cm³/mol. The number of rotatable bonds is 5. The molecule has 0 spiro atoms. The summed E-state index contributed by atoms with van der Waals surface area (Å²) in [6.07, 6.45) is 0.987. The Balaban J connectivity index is 1.69. The van der Waals surface area contributed by atoms with Crippen molar-refractivity contribution in [2.45, 2.75) is 27.2 Å². The van der Waals surface area contributed by atoms with Gasteiger partial charge in [0.15, 0.2) is 5.06 Å². The van der Waals surface area contributed by atoms with Crippen LogP contribution in [0.15, 0.2) is 41.8 Å². The van der Waals surface area contributed by atoms with Crippen LogP contribution in [0.1, 0.15) is 34.1 Å². The fourth-order valence-electron chi connectivity index (χ4n) is 2.42. The monoisotopic (exact) mass is 367 g/mol. The first-order chi connectivity index (χ1) is 12.5. The molecule has 3 aromatic rings. The molecule has 0 aliphatic heterocycles. The maximum atomic E-state index is 12.4. The number of hydrogen-bond acceptors (Lipinski definition) is 5. The summed E-state index contributed by atoms with van der Waals surface area (Å²) in [5, 5.41) is 5.78. The van der Waals surface area contributed by atoms with E-state index in [0.717, 1.165) is 28.5 Å². The number of aromatic nitrogens is 1. The van der Waals surface area contributed by atoms with E-state index in [1.807, 2.05) is 32.0 Å². The lowest BCUT2D eigenvalue weighted by Gasteiger charge is -2.10. The number of hydrogen-bond donors (Lipinski definition) is 2. The van der Waals surface area contributed by atoms with Gasteiger partial charge in [0.2, 0.25) is 0 Å². The second-order valence-electron chi connectivity index (χ2n) is 6.03. The number of carbonyl (C=O) groups excluding carboxylic acids is 1. The molecule has 6 heteroatoms. The van der Waals surface area contributed by atoms with E-state index in [9.17, 15) is 4.79 Å². The average molecular weight is 367 g/mol. The number of nitrogens with zero attached hydrogens (tertiary/aromatic N) is 1. The summed E-state index contributed by atoms with van der Waals surface area (Å²) in [6, 6.07) is 11.0. The summed E-state index contributed by atoms with van der Waals surface area (Å²) in [5.74, 6) is 0.674. The molecule has 0 aliphatic carbocycles. The second kappa shape index (κ2) is 7.58. The molecular weight excluding hydrogens is 346 g/mol. The number of ether oxygens (including phenoxy) is 1. The summed E-state index contributed by atoms with van der Waals surface area (Å²) < 4.78 is 5.83. The topological polar surface area (TPSA) is 77.2 Å².